The van der Waals surface area contributed by atoms with Gasteiger partial charge in [0.15, 0.2) is 11.7 Å². The van der Waals surface area contributed by atoms with Crippen molar-refractivity contribution in [3.63, 3.8) is 0 Å². The summed E-state index contributed by atoms with van der Waals surface area (Å²) in [7, 11) is -3.72. The number of halogens is 2. The van der Waals surface area contributed by atoms with E-state index < -0.39 is 53.0 Å². The summed E-state index contributed by atoms with van der Waals surface area (Å²) in [6.07, 6.45) is 0.348. The molecule has 2 aromatic rings. The normalized spacial score (nSPS) is 14.9. The maximum Gasteiger partial charge on any atom is 0.336 e. The van der Waals surface area contributed by atoms with Crippen LogP contribution in [0, 0.1) is 12.8 Å². The van der Waals surface area contributed by atoms with Crippen LogP contribution in [0.25, 0.3) is 11.0 Å². The van der Waals surface area contributed by atoms with Crippen molar-refractivity contribution in [3.05, 3.63) is 40.2 Å². The van der Waals surface area contributed by atoms with Gasteiger partial charge in [-0.3, -0.25) is 23.7 Å². The first-order chi connectivity index (χ1) is 19.9. The summed E-state index contributed by atoms with van der Waals surface area (Å²) in [5.74, 6) is -5.25. The van der Waals surface area contributed by atoms with Crippen LogP contribution < -0.4 is 26.7 Å². The number of carboxylic acids is 1. The summed E-state index contributed by atoms with van der Waals surface area (Å²) in [6.45, 7) is 13.9. The smallest absolute Gasteiger partial charge is 0.336 e. The summed E-state index contributed by atoms with van der Waals surface area (Å²) in [5, 5.41) is 11.7. The van der Waals surface area contributed by atoms with E-state index in [9.17, 15) is 28.6 Å². The van der Waals surface area contributed by atoms with Crippen LogP contribution in [-0.4, -0.2) is 45.7 Å². The van der Waals surface area contributed by atoms with Crippen molar-refractivity contribution < 1.29 is 32.8 Å². The molecule has 1 heterocycles. The van der Waals surface area contributed by atoms with Crippen LogP contribution in [0.3, 0.4) is 0 Å². The van der Waals surface area contributed by atoms with Gasteiger partial charge >= 0.3 is 19.1 Å². The van der Waals surface area contributed by atoms with Crippen molar-refractivity contribution in [1.82, 2.24) is 5.09 Å². The van der Waals surface area contributed by atoms with Gasteiger partial charge in [0.25, 0.3) is 5.85 Å². The highest BCUT2D eigenvalue weighted by Crippen LogP contribution is 2.66. The van der Waals surface area contributed by atoms with E-state index in [1.165, 1.54) is 19.1 Å². The molecule has 1 aromatic carbocycles. The van der Waals surface area contributed by atoms with E-state index in [1.807, 2.05) is 0 Å². The molecule has 3 atom stereocenters. The molecule has 2 rings (SSSR count). The van der Waals surface area contributed by atoms with Gasteiger partial charge in [-0.15, -0.1) is 0 Å². The molecular weight excluding hydrogens is 653 g/mol. The van der Waals surface area contributed by atoms with Crippen LogP contribution in [0.5, 0.6) is 5.75 Å². The van der Waals surface area contributed by atoms with E-state index in [0.29, 0.717) is 11.8 Å². The zero-order chi connectivity index (χ0) is 34.3. The SMILES string of the molecule is CC(C)(C)P(=O)(Cl)Cl.Cc1cc(=O)oc2cc(OP(=O)(N[C@@H](C)C(=O)C[C@@H](CCCN=C(N)N)C(=O)O)C(C)(C)C)ccc12. The number of hydrogen-bond acceptors (Lipinski definition) is 8. The second-order valence-corrected chi connectivity index (χ2v) is 20.9. The Labute approximate surface area is 267 Å². The lowest BCUT2D eigenvalue weighted by molar-refractivity contribution is -0.144. The van der Waals surface area contributed by atoms with Gasteiger partial charge in [0.2, 0.25) is 0 Å². The van der Waals surface area contributed by atoms with Crippen LogP contribution in [0.15, 0.2) is 38.5 Å². The lowest BCUT2D eigenvalue weighted by atomic mass is 9.95. The summed E-state index contributed by atoms with van der Waals surface area (Å²) in [6, 6.07) is 5.22. The number of Topliss-reactive ketones (excluding diaryl/α,β-unsaturated/α-hetero) is 1. The van der Waals surface area contributed by atoms with E-state index in [-0.39, 0.29) is 36.7 Å². The first kappa shape index (κ1) is 39.7. The second-order valence-electron chi connectivity index (χ2n) is 12.4. The van der Waals surface area contributed by atoms with E-state index in [1.54, 1.807) is 60.6 Å². The Balaban J connectivity index is 0.00000106. The maximum absolute atomic E-state index is 14.0. The number of aliphatic imine (C=N–C) groups is 1. The first-order valence-electron chi connectivity index (χ1n) is 13.8. The number of nitrogens with one attached hydrogen (secondary N) is 1. The number of rotatable bonds is 12. The van der Waals surface area contributed by atoms with Crippen LogP contribution in [0.4, 0.5) is 0 Å². The van der Waals surface area contributed by atoms with E-state index in [2.05, 4.69) is 10.1 Å². The third-order valence-electron chi connectivity index (χ3n) is 6.47. The van der Waals surface area contributed by atoms with Gasteiger partial charge in [0.1, 0.15) is 11.3 Å². The number of guanidine groups is 1. The lowest BCUT2D eigenvalue weighted by Crippen LogP contribution is -2.39. The second kappa shape index (κ2) is 15.8. The van der Waals surface area contributed by atoms with Crippen LogP contribution >= 0.6 is 35.8 Å². The summed E-state index contributed by atoms with van der Waals surface area (Å²) < 4.78 is 35.9. The quantitative estimate of drug-likeness (QED) is 0.0610. The molecule has 0 saturated carbocycles. The van der Waals surface area contributed by atoms with Crippen LogP contribution in [0.1, 0.15) is 73.3 Å². The molecule has 16 heteroatoms. The molecule has 0 fully saturated rings. The minimum Gasteiger partial charge on any atom is -0.481 e. The predicted molar refractivity (Wildman–Crippen MR) is 178 cm³/mol. The minimum atomic E-state index is -3.72. The topological polar surface area (TPSA) is 204 Å². The van der Waals surface area contributed by atoms with Crippen molar-refractivity contribution in [2.24, 2.45) is 22.4 Å². The van der Waals surface area contributed by atoms with Gasteiger partial charge in [-0.1, -0.05) is 20.8 Å². The van der Waals surface area contributed by atoms with E-state index in [4.69, 9.17) is 42.9 Å². The van der Waals surface area contributed by atoms with E-state index >= 15 is 0 Å². The van der Waals surface area contributed by atoms with Gasteiger partial charge < -0.3 is 25.5 Å². The molecule has 0 radical (unpaired) electrons. The Morgan fingerprint density at radius 3 is 2.14 bits per heavy atom. The average molecular weight is 698 g/mol. The summed E-state index contributed by atoms with van der Waals surface area (Å²) in [5.41, 5.74) is 11.0. The number of hydrogen-bond donors (Lipinski definition) is 4. The van der Waals surface area contributed by atoms with Crippen molar-refractivity contribution >= 4 is 64.5 Å². The number of nitrogens with two attached hydrogens (primary N) is 2. The molecule has 248 valence electrons. The van der Waals surface area contributed by atoms with Crippen LogP contribution in [0.2, 0.25) is 0 Å². The molecule has 0 bridgehead atoms. The number of benzene rings is 1. The van der Waals surface area contributed by atoms with Crippen molar-refractivity contribution in [2.75, 3.05) is 6.54 Å². The number of carboxylic acid groups (broad SMARTS) is 1. The average Bonchev–Trinajstić information content (AvgIpc) is 2.83. The number of carbonyl (C=O) groups excluding carboxylic acids is 1. The zero-order valence-electron chi connectivity index (χ0n) is 26.3. The highest BCUT2D eigenvalue weighted by molar-refractivity contribution is 8.09. The molecule has 12 nitrogen and oxygen atoms in total. The highest BCUT2D eigenvalue weighted by atomic mass is 35.9. The van der Waals surface area contributed by atoms with Gasteiger partial charge in [-0.2, -0.15) is 0 Å². The predicted octanol–water partition coefficient (Wildman–Crippen LogP) is 6.62. The Kier molecular flexibility index (Phi) is 14.2. The fourth-order valence-electron chi connectivity index (χ4n) is 3.47. The van der Waals surface area contributed by atoms with E-state index in [0.717, 1.165) is 5.56 Å². The molecule has 0 aliphatic rings. The Morgan fingerprint density at radius 1 is 1.09 bits per heavy atom. The third kappa shape index (κ3) is 12.2. The zero-order valence-corrected chi connectivity index (χ0v) is 29.7. The minimum absolute atomic E-state index is 0.0857. The number of aryl methyl sites for hydroxylation is 1. The number of ketones is 1. The van der Waals surface area contributed by atoms with Gasteiger partial charge in [0, 0.05) is 35.6 Å². The number of carbonyl (C=O) groups is 2. The molecule has 0 aliphatic heterocycles. The molecule has 0 spiro atoms. The fourth-order valence-corrected chi connectivity index (χ4v) is 5.25. The fraction of sp³-hybridized carbons (Fsp3) is 0.571. The van der Waals surface area contributed by atoms with Gasteiger partial charge in [-0.05, 0) is 87.6 Å². The standard InChI is InChI=1S/C24H35N4O7P.C4H9Cl2OP/c1-14-11-21(30)34-20-13-17(8-9-18(14)20)35-36(33,24(3,4)5)28-15(2)19(29)12-16(22(31)32)7-6-10-27-23(25)26;1-4(2,3)8(5,6)7/h8-9,11,13,15-16H,6-7,10,12H2,1-5H3,(H,28,33)(H,31,32)(H4,25,26,27);1-3H3/t15-,16+,36?;/m0./s1. The summed E-state index contributed by atoms with van der Waals surface area (Å²) >= 11 is 10.7. The molecule has 1 unspecified atom stereocenters. The summed E-state index contributed by atoms with van der Waals surface area (Å²) in [4.78, 5) is 40.1. The lowest BCUT2D eigenvalue weighted by Gasteiger charge is -2.33. The monoisotopic (exact) mass is 696 g/mol. The number of aliphatic carboxylic acids is 1. The molecule has 44 heavy (non-hydrogen) atoms. The van der Waals surface area contributed by atoms with Crippen molar-refractivity contribution in [2.45, 2.75) is 91.0 Å². The Hall–Kier alpha value is -2.36. The molecule has 6 N–H and O–H groups in total. The van der Waals surface area contributed by atoms with Crippen molar-refractivity contribution in [1.29, 1.82) is 0 Å². The van der Waals surface area contributed by atoms with Crippen molar-refractivity contribution in [3.8, 4) is 5.75 Å². The van der Waals surface area contributed by atoms with Gasteiger partial charge in [-0.25, -0.2) is 9.88 Å². The van der Waals surface area contributed by atoms with Gasteiger partial charge in [0.05, 0.1) is 17.1 Å². The van der Waals surface area contributed by atoms with Crippen LogP contribution in [-0.2, 0) is 18.7 Å². The number of fused-ring (bicyclic) bond motifs is 1. The Bertz CT molecular complexity index is 1510. The molecular formula is C28H44Cl2N4O8P2. The number of nitrogens with zero attached hydrogens (tertiary/aromatic N) is 1. The molecule has 0 amide bonds. The molecule has 1 aromatic heterocycles. The third-order valence-corrected chi connectivity index (χ3v) is 14.0. The molecule has 0 aliphatic carbocycles. The maximum atomic E-state index is 14.0. The largest absolute Gasteiger partial charge is 0.481 e. The molecule has 0 saturated heterocycles. The Morgan fingerprint density at radius 2 is 1.66 bits per heavy atom. The highest BCUT2D eigenvalue weighted by Gasteiger charge is 2.42. The first-order valence-corrected chi connectivity index (χ1v) is 18.9.